The van der Waals surface area contributed by atoms with Crippen LogP contribution < -0.4 is 5.32 Å². The van der Waals surface area contributed by atoms with Crippen molar-refractivity contribution in [3.05, 3.63) is 35.4 Å². The van der Waals surface area contributed by atoms with Gasteiger partial charge in [-0.15, -0.1) is 0 Å². The van der Waals surface area contributed by atoms with Crippen LogP contribution in [-0.4, -0.2) is 30.7 Å². The molecule has 0 saturated carbocycles. The number of hydrogen-bond donors (Lipinski definition) is 1. The molecule has 0 atom stereocenters. The van der Waals surface area contributed by atoms with Gasteiger partial charge in [0.2, 0.25) is 0 Å². The van der Waals surface area contributed by atoms with E-state index in [1.165, 1.54) is 4.90 Å². The van der Waals surface area contributed by atoms with Crippen molar-refractivity contribution >= 4 is 0 Å². The second kappa shape index (κ2) is 8.27. The molecule has 1 rings (SSSR count). The first-order valence-corrected chi connectivity index (χ1v) is 7.02. The van der Waals surface area contributed by atoms with E-state index in [9.17, 15) is 13.2 Å². The van der Waals surface area contributed by atoms with E-state index in [1.807, 2.05) is 38.1 Å². The predicted octanol–water partition coefficient (Wildman–Crippen LogP) is 3.57. The molecule has 0 saturated heterocycles. The molecule has 1 aromatic carbocycles. The highest BCUT2D eigenvalue weighted by Gasteiger charge is 2.30. The molecule has 0 fully saturated rings. The summed E-state index contributed by atoms with van der Waals surface area (Å²) in [5.41, 5.74) is 2.07. The lowest BCUT2D eigenvalue weighted by atomic mass is 10.1. The van der Waals surface area contributed by atoms with Crippen molar-refractivity contribution in [2.24, 2.45) is 0 Å². The summed E-state index contributed by atoms with van der Waals surface area (Å²) in [4.78, 5) is 1.44. The Morgan fingerprint density at radius 2 is 1.65 bits per heavy atom. The third-order valence-electron chi connectivity index (χ3n) is 2.95. The summed E-state index contributed by atoms with van der Waals surface area (Å²) in [6.45, 7) is 5.57. The van der Waals surface area contributed by atoms with Crippen LogP contribution in [0.2, 0.25) is 0 Å². The maximum absolute atomic E-state index is 12.5. The summed E-state index contributed by atoms with van der Waals surface area (Å²) in [5, 5.41) is 3.22. The molecule has 0 aliphatic rings. The highest BCUT2D eigenvalue weighted by molar-refractivity contribution is 5.22. The molecule has 20 heavy (non-hydrogen) atoms. The fourth-order valence-electron chi connectivity index (χ4n) is 2.07. The Kier molecular flexibility index (Phi) is 7.02. The van der Waals surface area contributed by atoms with Gasteiger partial charge in [-0.3, -0.25) is 4.90 Å². The quantitative estimate of drug-likeness (QED) is 0.786. The third kappa shape index (κ3) is 6.91. The van der Waals surface area contributed by atoms with Gasteiger partial charge in [0.1, 0.15) is 0 Å². The molecule has 1 aromatic rings. The summed E-state index contributed by atoms with van der Waals surface area (Å²) in [6, 6.07) is 7.75. The maximum Gasteiger partial charge on any atom is 0.401 e. The van der Waals surface area contributed by atoms with E-state index in [4.69, 9.17) is 0 Å². The lowest BCUT2D eigenvalue weighted by Crippen LogP contribution is -2.34. The van der Waals surface area contributed by atoms with Crippen molar-refractivity contribution < 1.29 is 13.2 Å². The lowest BCUT2D eigenvalue weighted by Gasteiger charge is -2.23. The smallest absolute Gasteiger partial charge is 0.313 e. The first-order chi connectivity index (χ1) is 9.44. The average molecular weight is 288 g/mol. The van der Waals surface area contributed by atoms with Gasteiger partial charge in [-0.1, -0.05) is 38.1 Å². The van der Waals surface area contributed by atoms with Gasteiger partial charge in [0.15, 0.2) is 0 Å². The van der Waals surface area contributed by atoms with Crippen LogP contribution in [0.5, 0.6) is 0 Å². The number of hydrogen-bond acceptors (Lipinski definition) is 2. The summed E-state index contributed by atoms with van der Waals surface area (Å²) in [5.74, 6) is 0. The van der Waals surface area contributed by atoms with Crippen LogP contribution in [0.3, 0.4) is 0 Å². The largest absolute Gasteiger partial charge is 0.401 e. The molecule has 0 bridgehead atoms. The summed E-state index contributed by atoms with van der Waals surface area (Å²) < 4.78 is 37.5. The van der Waals surface area contributed by atoms with Crippen molar-refractivity contribution in [3.8, 4) is 0 Å². The molecular weight excluding hydrogens is 265 g/mol. The van der Waals surface area contributed by atoms with Crippen molar-refractivity contribution in [1.82, 2.24) is 10.2 Å². The second-order valence-electron chi connectivity index (χ2n) is 4.92. The number of nitrogens with zero attached hydrogens (tertiary/aromatic N) is 1. The Balaban J connectivity index is 2.59. The zero-order valence-electron chi connectivity index (χ0n) is 12.1. The molecule has 0 aliphatic carbocycles. The summed E-state index contributed by atoms with van der Waals surface area (Å²) in [6.07, 6.45) is -3.42. The normalized spacial score (nSPS) is 12.1. The predicted molar refractivity (Wildman–Crippen MR) is 75.4 cm³/mol. The van der Waals surface area contributed by atoms with E-state index in [1.54, 1.807) is 0 Å². The molecule has 0 heterocycles. The van der Waals surface area contributed by atoms with Crippen molar-refractivity contribution in [1.29, 1.82) is 0 Å². The monoisotopic (exact) mass is 288 g/mol. The minimum absolute atomic E-state index is 0.342. The third-order valence-corrected chi connectivity index (χ3v) is 2.95. The average Bonchev–Trinajstić information content (AvgIpc) is 2.36. The Hall–Kier alpha value is -1.07. The van der Waals surface area contributed by atoms with Crippen LogP contribution >= 0.6 is 0 Å². The van der Waals surface area contributed by atoms with Crippen LogP contribution in [0.4, 0.5) is 13.2 Å². The highest BCUT2D eigenvalue weighted by atomic mass is 19.4. The fraction of sp³-hybridized carbons (Fsp3) is 0.600. The first-order valence-electron chi connectivity index (χ1n) is 7.02. The van der Waals surface area contributed by atoms with Crippen molar-refractivity contribution in [2.75, 3.05) is 19.6 Å². The number of benzene rings is 1. The Labute approximate surface area is 119 Å². The van der Waals surface area contributed by atoms with E-state index in [0.29, 0.717) is 19.5 Å². The SMILES string of the molecule is CCCN(Cc1ccc(CNCC)cc1)CC(F)(F)F. The Morgan fingerprint density at radius 3 is 2.15 bits per heavy atom. The molecular formula is C15H23F3N2. The standard InChI is InChI=1S/C15H23F3N2/c1-3-9-20(12-15(16,17)18)11-14-7-5-13(6-8-14)10-19-4-2/h5-8,19H,3-4,9-12H2,1-2H3. The topological polar surface area (TPSA) is 15.3 Å². The van der Waals surface area contributed by atoms with E-state index >= 15 is 0 Å². The van der Waals surface area contributed by atoms with Crippen LogP contribution in [-0.2, 0) is 13.1 Å². The van der Waals surface area contributed by atoms with Crippen LogP contribution in [0, 0.1) is 0 Å². The van der Waals surface area contributed by atoms with Crippen LogP contribution in [0.15, 0.2) is 24.3 Å². The van der Waals surface area contributed by atoms with Gasteiger partial charge in [0, 0.05) is 13.1 Å². The molecule has 0 amide bonds. The first kappa shape index (κ1) is 17.0. The fourth-order valence-corrected chi connectivity index (χ4v) is 2.07. The van der Waals surface area contributed by atoms with E-state index in [2.05, 4.69) is 5.32 Å². The lowest BCUT2D eigenvalue weighted by molar-refractivity contribution is -0.147. The van der Waals surface area contributed by atoms with Gasteiger partial charge in [0.05, 0.1) is 6.54 Å². The number of halogens is 3. The Bertz CT molecular complexity index is 374. The maximum atomic E-state index is 12.5. The molecule has 0 aliphatic heterocycles. The molecule has 0 radical (unpaired) electrons. The van der Waals surface area contributed by atoms with Crippen LogP contribution in [0.1, 0.15) is 31.4 Å². The van der Waals surface area contributed by atoms with E-state index in [0.717, 1.165) is 24.2 Å². The molecule has 2 nitrogen and oxygen atoms in total. The summed E-state index contributed by atoms with van der Waals surface area (Å²) >= 11 is 0. The van der Waals surface area contributed by atoms with Gasteiger partial charge in [-0.2, -0.15) is 13.2 Å². The molecule has 1 N–H and O–H groups in total. The van der Waals surface area contributed by atoms with Gasteiger partial charge in [0.25, 0.3) is 0 Å². The van der Waals surface area contributed by atoms with Gasteiger partial charge >= 0.3 is 6.18 Å². The Morgan fingerprint density at radius 1 is 1.05 bits per heavy atom. The molecule has 0 aromatic heterocycles. The van der Waals surface area contributed by atoms with Gasteiger partial charge in [-0.05, 0) is 30.6 Å². The van der Waals surface area contributed by atoms with Crippen molar-refractivity contribution in [3.63, 3.8) is 0 Å². The highest BCUT2D eigenvalue weighted by Crippen LogP contribution is 2.18. The zero-order valence-corrected chi connectivity index (χ0v) is 12.1. The van der Waals surface area contributed by atoms with E-state index < -0.39 is 12.7 Å². The molecule has 0 spiro atoms. The number of rotatable bonds is 8. The van der Waals surface area contributed by atoms with Crippen molar-refractivity contribution in [2.45, 2.75) is 39.5 Å². The van der Waals surface area contributed by atoms with Gasteiger partial charge < -0.3 is 5.32 Å². The van der Waals surface area contributed by atoms with E-state index in [-0.39, 0.29) is 0 Å². The number of alkyl halides is 3. The molecule has 114 valence electrons. The number of nitrogens with one attached hydrogen (secondary N) is 1. The summed E-state index contributed by atoms with van der Waals surface area (Å²) in [7, 11) is 0. The zero-order chi connectivity index (χ0) is 15.0. The molecule has 5 heteroatoms. The van der Waals surface area contributed by atoms with Gasteiger partial charge in [-0.25, -0.2) is 0 Å². The van der Waals surface area contributed by atoms with Crippen LogP contribution in [0.25, 0.3) is 0 Å². The molecule has 0 unspecified atom stereocenters. The second-order valence-corrected chi connectivity index (χ2v) is 4.92. The minimum atomic E-state index is -4.14. The minimum Gasteiger partial charge on any atom is -0.313 e.